The van der Waals surface area contributed by atoms with E-state index in [1.165, 1.54) is 0 Å². The highest BCUT2D eigenvalue weighted by Crippen LogP contribution is 2.24. The number of nitrogens with one attached hydrogen (secondary N) is 1. The highest BCUT2D eigenvalue weighted by molar-refractivity contribution is 7.98. The van der Waals surface area contributed by atoms with E-state index in [0.29, 0.717) is 0 Å². The molecule has 2 nitrogen and oxygen atoms in total. The number of hydrogen-bond acceptors (Lipinski definition) is 3. The van der Waals surface area contributed by atoms with Crippen LogP contribution in [-0.2, 0) is 4.79 Å². The number of thiophene rings is 1. The molecule has 0 spiro atoms. The maximum absolute atomic E-state index is 11.8. The Balaban J connectivity index is 2.03. The molecule has 0 atom stereocenters. The highest BCUT2D eigenvalue weighted by atomic mass is 32.2. The van der Waals surface area contributed by atoms with E-state index < -0.39 is 0 Å². The van der Waals surface area contributed by atoms with Crippen LogP contribution < -0.4 is 5.32 Å². The number of para-hydroxylation sites is 1. The van der Waals surface area contributed by atoms with Crippen molar-refractivity contribution in [1.82, 2.24) is 0 Å². The van der Waals surface area contributed by atoms with Crippen molar-refractivity contribution in [3.63, 3.8) is 0 Å². The lowest BCUT2D eigenvalue weighted by Crippen LogP contribution is -2.08. The third-order valence-electron chi connectivity index (χ3n) is 2.31. The second-order valence-electron chi connectivity index (χ2n) is 3.54. The van der Waals surface area contributed by atoms with Gasteiger partial charge in [-0.25, -0.2) is 0 Å². The van der Waals surface area contributed by atoms with Crippen molar-refractivity contribution >= 4 is 40.8 Å². The Kier molecular flexibility index (Phi) is 4.61. The molecular weight excluding hydrogens is 262 g/mol. The molecule has 1 aromatic carbocycles. The van der Waals surface area contributed by atoms with Gasteiger partial charge in [0.15, 0.2) is 0 Å². The lowest BCUT2D eigenvalue weighted by molar-refractivity contribution is -0.111. The van der Waals surface area contributed by atoms with Crippen LogP contribution in [0.15, 0.2) is 52.7 Å². The van der Waals surface area contributed by atoms with Gasteiger partial charge in [-0.15, -0.1) is 23.1 Å². The summed E-state index contributed by atoms with van der Waals surface area (Å²) in [5, 5.41) is 4.87. The summed E-state index contributed by atoms with van der Waals surface area (Å²) in [5.74, 6) is -0.107. The molecule has 1 N–H and O–H groups in total. The minimum Gasteiger partial charge on any atom is -0.321 e. The summed E-state index contributed by atoms with van der Waals surface area (Å²) >= 11 is 3.22. The first kappa shape index (κ1) is 12.9. The lowest BCUT2D eigenvalue weighted by Gasteiger charge is -2.06. The molecule has 0 aliphatic carbocycles. The lowest BCUT2D eigenvalue weighted by atomic mass is 10.3. The molecular formula is C14H13NOS2. The maximum Gasteiger partial charge on any atom is 0.248 e. The number of anilines is 1. The van der Waals surface area contributed by atoms with Crippen molar-refractivity contribution < 1.29 is 4.79 Å². The van der Waals surface area contributed by atoms with Crippen LogP contribution >= 0.6 is 23.1 Å². The second-order valence-corrected chi connectivity index (χ2v) is 5.37. The largest absolute Gasteiger partial charge is 0.321 e. The van der Waals surface area contributed by atoms with Crippen LogP contribution in [0, 0.1) is 0 Å². The van der Waals surface area contributed by atoms with Crippen molar-refractivity contribution in [2.75, 3.05) is 11.6 Å². The number of rotatable bonds is 4. The number of hydrogen-bond donors (Lipinski definition) is 1. The van der Waals surface area contributed by atoms with Gasteiger partial charge in [0, 0.05) is 15.8 Å². The number of benzene rings is 1. The van der Waals surface area contributed by atoms with E-state index in [2.05, 4.69) is 5.32 Å². The monoisotopic (exact) mass is 275 g/mol. The molecule has 4 heteroatoms. The molecule has 0 bridgehead atoms. The zero-order chi connectivity index (χ0) is 12.8. The summed E-state index contributed by atoms with van der Waals surface area (Å²) in [7, 11) is 0. The molecule has 0 unspecified atom stereocenters. The molecule has 92 valence electrons. The van der Waals surface area contributed by atoms with Gasteiger partial charge in [0.1, 0.15) is 0 Å². The van der Waals surface area contributed by atoms with Crippen molar-refractivity contribution in [2.24, 2.45) is 0 Å². The smallest absolute Gasteiger partial charge is 0.248 e. The van der Waals surface area contributed by atoms with Crippen molar-refractivity contribution in [3.8, 4) is 0 Å². The van der Waals surface area contributed by atoms with Crippen LogP contribution in [0.5, 0.6) is 0 Å². The average molecular weight is 275 g/mol. The van der Waals surface area contributed by atoms with Crippen LogP contribution in [0.4, 0.5) is 5.69 Å². The first-order valence-electron chi connectivity index (χ1n) is 5.45. The SMILES string of the molecule is CSc1ccccc1NC(=O)C=Cc1cccs1. The minimum atomic E-state index is -0.107. The van der Waals surface area contributed by atoms with Crippen molar-refractivity contribution in [3.05, 3.63) is 52.7 Å². The van der Waals surface area contributed by atoms with E-state index in [-0.39, 0.29) is 5.91 Å². The number of carbonyl (C=O) groups excluding carboxylic acids is 1. The van der Waals surface area contributed by atoms with E-state index in [4.69, 9.17) is 0 Å². The Morgan fingerprint density at radius 2 is 2.11 bits per heavy atom. The standard InChI is InChI=1S/C14H13NOS2/c1-17-13-7-3-2-6-12(13)15-14(16)9-8-11-5-4-10-18-11/h2-10H,1H3,(H,15,16). The Morgan fingerprint density at radius 3 is 2.83 bits per heavy atom. The predicted octanol–water partition coefficient (Wildman–Crippen LogP) is 4.12. The molecule has 1 amide bonds. The normalized spacial score (nSPS) is 10.7. The summed E-state index contributed by atoms with van der Waals surface area (Å²) < 4.78 is 0. The fourth-order valence-electron chi connectivity index (χ4n) is 1.47. The molecule has 18 heavy (non-hydrogen) atoms. The molecule has 0 saturated heterocycles. The van der Waals surface area contributed by atoms with E-state index in [9.17, 15) is 4.79 Å². The zero-order valence-corrected chi connectivity index (χ0v) is 11.6. The Morgan fingerprint density at radius 1 is 1.28 bits per heavy atom. The first-order valence-corrected chi connectivity index (χ1v) is 7.55. The van der Waals surface area contributed by atoms with Gasteiger partial charge >= 0.3 is 0 Å². The van der Waals surface area contributed by atoms with Crippen LogP contribution in [-0.4, -0.2) is 12.2 Å². The fraction of sp³-hybridized carbons (Fsp3) is 0.0714. The zero-order valence-electron chi connectivity index (χ0n) is 9.92. The van der Waals surface area contributed by atoms with Gasteiger partial charge in [0.05, 0.1) is 5.69 Å². The number of amides is 1. The summed E-state index contributed by atoms with van der Waals surface area (Å²) in [6.07, 6.45) is 5.37. The van der Waals surface area contributed by atoms with Crippen LogP contribution in [0.1, 0.15) is 4.88 Å². The number of carbonyl (C=O) groups is 1. The minimum absolute atomic E-state index is 0.107. The summed E-state index contributed by atoms with van der Waals surface area (Å²) in [5.41, 5.74) is 0.853. The Bertz CT molecular complexity index is 547. The second kappa shape index (κ2) is 6.42. The van der Waals surface area contributed by atoms with Gasteiger partial charge in [-0.05, 0) is 35.9 Å². The van der Waals surface area contributed by atoms with E-state index in [1.807, 2.05) is 54.1 Å². The van der Waals surface area contributed by atoms with Gasteiger partial charge in [-0.1, -0.05) is 18.2 Å². The van der Waals surface area contributed by atoms with Gasteiger partial charge < -0.3 is 5.32 Å². The van der Waals surface area contributed by atoms with Gasteiger partial charge in [-0.2, -0.15) is 0 Å². The molecule has 1 aromatic heterocycles. The van der Waals surface area contributed by atoms with Gasteiger partial charge in [0.25, 0.3) is 0 Å². The summed E-state index contributed by atoms with van der Waals surface area (Å²) in [6, 6.07) is 11.7. The maximum atomic E-state index is 11.8. The predicted molar refractivity (Wildman–Crippen MR) is 80.2 cm³/mol. The summed E-state index contributed by atoms with van der Waals surface area (Å²) in [4.78, 5) is 13.9. The van der Waals surface area contributed by atoms with Crippen LogP contribution in [0.3, 0.4) is 0 Å². The van der Waals surface area contributed by atoms with Crippen molar-refractivity contribution in [2.45, 2.75) is 4.90 Å². The van der Waals surface area contributed by atoms with E-state index >= 15 is 0 Å². The number of thioether (sulfide) groups is 1. The molecule has 0 saturated carbocycles. The molecule has 0 aliphatic heterocycles. The summed E-state index contributed by atoms with van der Waals surface area (Å²) in [6.45, 7) is 0. The molecule has 1 heterocycles. The molecule has 2 rings (SSSR count). The average Bonchev–Trinajstić information content (AvgIpc) is 2.90. The quantitative estimate of drug-likeness (QED) is 0.671. The van der Waals surface area contributed by atoms with Crippen LogP contribution in [0.25, 0.3) is 6.08 Å². The third-order valence-corrected chi connectivity index (χ3v) is 3.94. The molecule has 2 aromatic rings. The van der Waals surface area contributed by atoms with Gasteiger partial charge in [-0.3, -0.25) is 4.79 Å². The van der Waals surface area contributed by atoms with E-state index in [0.717, 1.165) is 15.5 Å². The Labute approximate surface area is 115 Å². The van der Waals surface area contributed by atoms with Crippen LogP contribution in [0.2, 0.25) is 0 Å². The van der Waals surface area contributed by atoms with Crippen molar-refractivity contribution in [1.29, 1.82) is 0 Å². The Hall–Kier alpha value is -1.52. The molecule has 0 aliphatic rings. The first-order chi connectivity index (χ1) is 8.79. The highest BCUT2D eigenvalue weighted by Gasteiger charge is 2.02. The molecule has 0 radical (unpaired) electrons. The van der Waals surface area contributed by atoms with Gasteiger partial charge in [0.2, 0.25) is 5.91 Å². The third kappa shape index (κ3) is 3.48. The topological polar surface area (TPSA) is 29.1 Å². The fourth-order valence-corrected chi connectivity index (χ4v) is 2.64. The van der Waals surface area contributed by atoms with E-state index in [1.54, 1.807) is 29.2 Å². The molecule has 0 fully saturated rings.